The second kappa shape index (κ2) is 11.5. The molecule has 3 aromatic rings. The molecule has 0 fully saturated rings. The number of amides is 1. The van der Waals surface area contributed by atoms with Crippen molar-refractivity contribution in [3.05, 3.63) is 83.9 Å². The largest absolute Gasteiger partial charge is 0.419 e. The molecule has 0 unspecified atom stereocenters. The Labute approximate surface area is 225 Å². The summed E-state index contributed by atoms with van der Waals surface area (Å²) >= 11 is 0. The van der Waals surface area contributed by atoms with Gasteiger partial charge in [0, 0.05) is 20.1 Å². The van der Waals surface area contributed by atoms with Crippen LogP contribution in [0, 0.1) is 0 Å². The highest BCUT2D eigenvalue weighted by atomic mass is 32.2. The zero-order valence-corrected chi connectivity index (χ0v) is 22.0. The first-order valence-electron chi connectivity index (χ1n) is 11.0. The van der Waals surface area contributed by atoms with Crippen molar-refractivity contribution in [2.45, 2.75) is 27.0 Å². The Morgan fingerprint density at radius 1 is 0.800 bits per heavy atom. The molecule has 0 saturated carbocycles. The normalized spacial score (nSPS) is 12.7. The first-order chi connectivity index (χ1) is 18.4. The summed E-state index contributed by atoms with van der Waals surface area (Å²) < 4.78 is 138. The SMILES string of the molecule is CN(CCNS(=O)(=O)c1cc(S(=O)(=O)c2ccccc2)ccc1C(F)(F)F)C(=O)Oc1ccccc1C(F)(F)F. The number of ether oxygens (including phenoxy) is 1. The van der Waals surface area contributed by atoms with Gasteiger partial charge in [-0.15, -0.1) is 0 Å². The van der Waals surface area contributed by atoms with Gasteiger partial charge in [0.1, 0.15) is 5.75 Å². The van der Waals surface area contributed by atoms with Gasteiger partial charge in [-0.3, -0.25) is 0 Å². The third-order valence-corrected chi connectivity index (χ3v) is 8.62. The molecule has 0 aliphatic carbocycles. The van der Waals surface area contributed by atoms with Gasteiger partial charge in [-0.25, -0.2) is 26.4 Å². The van der Waals surface area contributed by atoms with Crippen LogP contribution in [0.4, 0.5) is 31.1 Å². The lowest BCUT2D eigenvalue weighted by molar-refractivity contribution is -0.140. The van der Waals surface area contributed by atoms with Crippen molar-refractivity contribution < 1.29 is 52.7 Å². The van der Waals surface area contributed by atoms with E-state index in [4.69, 9.17) is 4.74 Å². The van der Waals surface area contributed by atoms with Gasteiger partial charge in [0.05, 0.1) is 25.8 Å². The number of nitrogens with zero attached hydrogens (tertiary/aromatic N) is 1. The van der Waals surface area contributed by atoms with E-state index in [0.717, 1.165) is 19.2 Å². The van der Waals surface area contributed by atoms with E-state index in [1.165, 1.54) is 36.4 Å². The number of hydrogen-bond donors (Lipinski definition) is 1. The summed E-state index contributed by atoms with van der Waals surface area (Å²) in [5.74, 6) is -0.807. The van der Waals surface area contributed by atoms with Crippen LogP contribution in [0.2, 0.25) is 0 Å². The molecule has 8 nitrogen and oxygen atoms in total. The Morgan fingerprint density at radius 3 is 1.98 bits per heavy atom. The molecule has 3 rings (SSSR count). The van der Waals surface area contributed by atoms with Crippen molar-refractivity contribution in [2.75, 3.05) is 20.1 Å². The Hall–Kier alpha value is -3.63. The van der Waals surface area contributed by atoms with Gasteiger partial charge < -0.3 is 9.64 Å². The lowest BCUT2D eigenvalue weighted by atomic mass is 10.2. The molecule has 3 aromatic carbocycles. The van der Waals surface area contributed by atoms with Gasteiger partial charge in [0.15, 0.2) is 0 Å². The number of likely N-dealkylation sites (N-methyl/N-ethyl adjacent to an activating group) is 1. The number of alkyl halides is 6. The fourth-order valence-electron chi connectivity index (χ4n) is 3.34. The summed E-state index contributed by atoms with van der Waals surface area (Å²) in [5, 5.41) is 0. The zero-order valence-electron chi connectivity index (χ0n) is 20.3. The van der Waals surface area contributed by atoms with Gasteiger partial charge in [0.2, 0.25) is 19.9 Å². The number of benzene rings is 3. The Kier molecular flexibility index (Phi) is 8.86. The molecular formula is C24H20F6N2O6S2. The second-order valence-corrected chi connectivity index (χ2v) is 11.8. The van der Waals surface area contributed by atoms with Crippen LogP contribution in [-0.2, 0) is 32.2 Å². The van der Waals surface area contributed by atoms with E-state index in [2.05, 4.69) is 0 Å². The van der Waals surface area contributed by atoms with E-state index in [-0.39, 0.29) is 4.90 Å². The maximum Gasteiger partial charge on any atom is 0.419 e. The fourth-order valence-corrected chi connectivity index (χ4v) is 5.99. The van der Waals surface area contributed by atoms with E-state index >= 15 is 0 Å². The molecule has 0 aliphatic rings. The topological polar surface area (TPSA) is 110 Å². The quantitative estimate of drug-likeness (QED) is 0.361. The molecule has 16 heteroatoms. The average Bonchev–Trinajstić information content (AvgIpc) is 2.87. The number of sulfone groups is 1. The number of para-hydroxylation sites is 1. The zero-order chi connectivity index (χ0) is 29.9. The number of nitrogens with one attached hydrogen (secondary N) is 1. The number of hydrogen-bond acceptors (Lipinski definition) is 6. The highest BCUT2D eigenvalue weighted by Crippen LogP contribution is 2.37. The summed E-state index contributed by atoms with van der Waals surface area (Å²) in [6, 6.07) is 11.8. The van der Waals surface area contributed by atoms with Crippen molar-refractivity contribution in [1.29, 1.82) is 0 Å². The molecular weight excluding hydrogens is 590 g/mol. The fraction of sp³-hybridized carbons (Fsp3) is 0.208. The number of halogens is 6. The molecule has 0 saturated heterocycles. The average molecular weight is 611 g/mol. The van der Waals surface area contributed by atoms with Gasteiger partial charge >= 0.3 is 18.4 Å². The maximum atomic E-state index is 13.6. The van der Waals surface area contributed by atoms with Crippen molar-refractivity contribution in [2.24, 2.45) is 0 Å². The predicted molar refractivity (Wildman–Crippen MR) is 129 cm³/mol. The van der Waals surface area contributed by atoms with E-state index in [1.807, 2.05) is 4.72 Å². The minimum atomic E-state index is -5.18. The first-order valence-corrected chi connectivity index (χ1v) is 14.0. The van der Waals surface area contributed by atoms with Crippen LogP contribution in [0.5, 0.6) is 5.75 Å². The molecule has 0 heterocycles. The van der Waals surface area contributed by atoms with E-state index in [9.17, 15) is 48.0 Å². The number of sulfonamides is 1. The molecule has 40 heavy (non-hydrogen) atoms. The summed E-state index contributed by atoms with van der Waals surface area (Å²) in [7, 11) is -8.33. The molecule has 0 radical (unpaired) electrons. The first kappa shape index (κ1) is 30.9. The Balaban J connectivity index is 1.80. The Bertz CT molecular complexity index is 1590. The molecule has 1 amide bonds. The van der Waals surface area contributed by atoms with Gasteiger partial charge in [-0.2, -0.15) is 26.3 Å². The molecule has 0 spiro atoms. The minimum absolute atomic E-state index is 0.279. The standard InChI is InChI=1S/C24H20F6N2O6S2/c1-32(22(33)38-20-10-6-5-9-18(20)23(25,26)27)14-13-31-40(36,37)21-15-17(11-12-19(21)24(28,29)30)39(34,35)16-7-3-2-4-8-16/h2-12,15,31H,13-14H2,1H3. The van der Waals surface area contributed by atoms with Crippen molar-refractivity contribution in [3.63, 3.8) is 0 Å². The van der Waals surface area contributed by atoms with Crippen LogP contribution >= 0.6 is 0 Å². The van der Waals surface area contributed by atoms with Gasteiger partial charge in [-0.1, -0.05) is 30.3 Å². The van der Waals surface area contributed by atoms with E-state index in [1.54, 1.807) is 0 Å². The highest BCUT2D eigenvalue weighted by Gasteiger charge is 2.38. The van der Waals surface area contributed by atoms with Crippen molar-refractivity contribution >= 4 is 26.0 Å². The van der Waals surface area contributed by atoms with Gasteiger partial charge in [-0.05, 0) is 42.5 Å². The lowest BCUT2D eigenvalue weighted by Crippen LogP contribution is -2.38. The number of rotatable bonds is 8. The second-order valence-electron chi connectivity index (χ2n) is 8.15. The Morgan fingerprint density at radius 2 is 1.38 bits per heavy atom. The summed E-state index contributed by atoms with van der Waals surface area (Å²) in [6.07, 6.45) is -11.3. The van der Waals surface area contributed by atoms with Gasteiger partial charge in [0.25, 0.3) is 0 Å². The lowest BCUT2D eigenvalue weighted by Gasteiger charge is -2.19. The molecule has 216 valence electrons. The van der Waals surface area contributed by atoms with Crippen LogP contribution in [0.25, 0.3) is 0 Å². The highest BCUT2D eigenvalue weighted by molar-refractivity contribution is 7.91. The molecule has 1 N–H and O–H groups in total. The minimum Gasteiger partial charge on any atom is -0.410 e. The summed E-state index contributed by atoms with van der Waals surface area (Å²) in [4.78, 5) is 10.6. The van der Waals surface area contributed by atoms with Crippen LogP contribution < -0.4 is 9.46 Å². The predicted octanol–water partition coefficient (Wildman–Crippen LogP) is 4.97. The molecule has 0 aliphatic heterocycles. The molecule has 0 atom stereocenters. The monoisotopic (exact) mass is 610 g/mol. The van der Waals surface area contributed by atoms with Crippen LogP contribution in [0.3, 0.4) is 0 Å². The smallest absolute Gasteiger partial charge is 0.410 e. The maximum absolute atomic E-state index is 13.6. The molecule has 0 bridgehead atoms. The summed E-state index contributed by atoms with van der Waals surface area (Å²) in [6.45, 7) is -1.22. The molecule has 0 aromatic heterocycles. The van der Waals surface area contributed by atoms with Crippen LogP contribution in [-0.4, -0.2) is 48.0 Å². The van der Waals surface area contributed by atoms with Crippen molar-refractivity contribution in [1.82, 2.24) is 9.62 Å². The summed E-state index contributed by atoms with van der Waals surface area (Å²) in [5.41, 5.74) is -2.87. The van der Waals surface area contributed by atoms with Crippen LogP contribution in [0.15, 0.2) is 87.5 Å². The third kappa shape index (κ3) is 7.11. The number of carbonyl (C=O) groups excluding carboxylic acids is 1. The number of carbonyl (C=O) groups is 1. The van der Waals surface area contributed by atoms with Crippen LogP contribution in [0.1, 0.15) is 11.1 Å². The van der Waals surface area contributed by atoms with Crippen molar-refractivity contribution in [3.8, 4) is 5.75 Å². The van der Waals surface area contributed by atoms with E-state index in [0.29, 0.717) is 29.2 Å². The van der Waals surface area contributed by atoms with E-state index < -0.39 is 78.1 Å². The third-order valence-electron chi connectivity index (χ3n) is 5.35.